The molecule has 1 unspecified atom stereocenters. The van der Waals surface area contributed by atoms with Gasteiger partial charge in [-0.2, -0.15) is 5.10 Å². The van der Waals surface area contributed by atoms with Gasteiger partial charge in [-0.25, -0.2) is 4.98 Å². The monoisotopic (exact) mass is 241 g/mol. The van der Waals surface area contributed by atoms with E-state index in [1.807, 2.05) is 6.92 Å². The van der Waals surface area contributed by atoms with Gasteiger partial charge >= 0.3 is 11.9 Å². The third kappa shape index (κ3) is 2.43. The Kier molecular flexibility index (Phi) is 3.82. The van der Waals surface area contributed by atoms with E-state index in [9.17, 15) is 9.59 Å². The third-order valence-corrected chi connectivity index (χ3v) is 2.61. The van der Waals surface area contributed by atoms with Crippen LogP contribution < -0.4 is 0 Å². The quantitative estimate of drug-likeness (QED) is 0.580. The summed E-state index contributed by atoms with van der Waals surface area (Å²) in [6, 6.07) is 0. The number of carbonyl (C=O) groups excluding carboxylic acids is 1. The molecular weight excluding hydrogens is 226 g/mol. The minimum atomic E-state index is -1.64. The molecule has 0 fully saturated rings. The molecule has 7 heteroatoms. The molecule has 17 heavy (non-hydrogen) atoms. The van der Waals surface area contributed by atoms with E-state index >= 15 is 0 Å². The summed E-state index contributed by atoms with van der Waals surface area (Å²) < 4.78 is 6.07. The van der Waals surface area contributed by atoms with E-state index in [0.717, 1.165) is 7.11 Å². The van der Waals surface area contributed by atoms with Crippen molar-refractivity contribution in [2.45, 2.75) is 26.8 Å². The van der Waals surface area contributed by atoms with Crippen LogP contribution in [0.1, 0.15) is 19.7 Å². The molecule has 0 spiro atoms. The molecule has 0 saturated carbocycles. The third-order valence-electron chi connectivity index (χ3n) is 2.61. The summed E-state index contributed by atoms with van der Waals surface area (Å²) in [5.74, 6) is -1.59. The number of esters is 1. The largest absolute Gasteiger partial charge is 0.480 e. The van der Waals surface area contributed by atoms with Gasteiger partial charge in [0.2, 0.25) is 0 Å². The molecular formula is C10H15N3O4. The Morgan fingerprint density at radius 2 is 2.24 bits per heavy atom. The van der Waals surface area contributed by atoms with Gasteiger partial charge in [0, 0.05) is 13.0 Å². The molecule has 0 aliphatic rings. The van der Waals surface area contributed by atoms with Crippen LogP contribution in [0.15, 0.2) is 6.33 Å². The van der Waals surface area contributed by atoms with Crippen LogP contribution in [-0.2, 0) is 27.3 Å². The number of methoxy groups -OCH3 is 1. The number of ether oxygens (including phenoxy) is 1. The molecule has 1 heterocycles. The lowest BCUT2D eigenvalue weighted by Gasteiger charge is -2.21. The van der Waals surface area contributed by atoms with Gasteiger partial charge in [-0.3, -0.25) is 14.3 Å². The Morgan fingerprint density at radius 1 is 1.59 bits per heavy atom. The van der Waals surface area contributed by atoms with Gasteiger partial charge in [0.05, 0.1) is 7.11 Å². The highest BCUT2D eigenvalue weighted by Crippen LogP contribution is 2.23. The fourth-order valence-electron chi connectivity index (χ4n) is 1.47. The SMILES string of the molecule is CCn1ncnc1CC(C)(C(=O)O)C(=O)OC. The van der Waals surface area contributed by atoms with E-state index in [1.54, 1.807) is 4.68 Å². The van der Waals surface area contributed by atoms with Gasteiger partial charge in [0.1, 0.15) is 12.2 Å². The number of nitrogens with zero attached hydrogens (tertiary/aromatic N) is 3. The minimum absolute atomic E-state index is 0.0527. The lowest BCUT2D eigenvalue weighted by molar-refractivity contribution is -0.165. The summed E-state index contributed by atoms with van der Waals surface area (Å²) in [5, 5.41) is 13.1. The van der Waals surface area contributed by atoms with Crippen LogP contribution in [0.3, 0.4) is 0 Å². The molecule has 1 N–H and O–H groups in total. The van der Waals surface area contributed by atoms with Crippen LogP contribution in [0.5, 0.6) is 0 Å². The maximum atomic E-state index is 11.5. The summed E-state index contributed by atoms with van der Waals surface area (Å²) in [6.45, 7) is 3.73. The number of carboxylic acids is 1. The molecule has 7 nitrogen and oxygen atoms in total. The molecule has 1 aromatic rings. The lowest BCUT2D eigenvalue weighted by atomic mass is 9.86. The molecule has 1 rings (SSSR count). The number of carbonyl (C=O) groups is 2. The Labute approximate surface area is 98.4 Å². The van der Waals surface area contributed by atoms with E-state index < -0.39 is 17.4 Å². The average molecular weight is 241 g/mol. The van der Waals surface area contributed by atoms with Gasteiger partial charge in [-0.1, -0.05) is 0 Å². The van der Waals surface area contributed by atoms with Crippen molar-refractivity contribution in [2.24, 2.45) is 5.41 Å². The van der Waals surface area contributed by atoms with Crippen molar-refractivity contribution in [2.75, 3.05) is 7.11 Å². The fourth-order valence-corrected chi connectivity index (χ4v) is 1.47. The molecule has 0 saturated heterocycles. The van der Waals surface area contributed by atoms with Crippen molar-refractivity contribution < 1.29 is 19.4 Å². The molecule has 0 bridgehead atoms. The Bertz CT molecular complexity index is 429. The van der Waals surface area contributed by atoms with Crippen molar-refractivity contribution >= 4 is 11.9 Å². The number of aromatic nitrogens is 3. The first-order chi connectivity index (χ1) is 7.95. The molecule has 1 atom stereocenters. The molecule has 0 aromatic carbocycles. The van der Waals surface area contributed by atoms with Crippen LogP contribution in [0.25, 0.3) is 0 Å². The van der Waals surface area contributed by atoms with E-state index in [2.05, 4.69) is 14.8 Å². The fraction of sp³-hybridized carbons (Fsp3) is 0.600. The second kappa shape index (κ2) is 4.94. The number of carboxylic acid groups (broad SMARTS) is 1. The summed E-state index contributed by atoms with van der Waals surface area (Å²) in [6.07, 6.45) is 1.28. The van der Waals surface area contributed by atoms with Crippen LogP contribution in [0.4, 0.5) is 0 Å². The molecule has 94 valence electrons. The van der Waals surface area contributed by atoms with Gasteiger partial charge in [0.25, 0.3) is 0 Å². The Balaban J connectivity index is 3.03. The second-order valence-electron chi connectivity index (χ2n) is 3.80. The number of aliphatic carboxylic acids is 1. The summed E-state index contributed by atoms with van der Waals surface area (Å²) in [5.41, 5.74) is -1.64. The first kappa shape index (κ1) is 13.1. The Hall–Kier alpha value is -1.92. The minimum Gasteiger partial charge on any atom is -0.480 e. The van der Waals surface area contributed by atoms with Crippen LogP contribution >= 0.6 is 0 Å². The number of hydrogen-bond donors (Lipinski definition) is 1. The molecule has 0 radical (unpaired) electrons. The van der Waals surface area contributed by atoms with Gasteiger partial charge in [-0.15, -0.1) is 0 Å². The smallest absolute Gasteiger partial charge is 0.323 e. The number of rotatable bonds is 5. The highest BCUT2D eigenvalue weighted by Gasteiger charge is 2.44. The predicted octanol–water partition coefficient (Wildman–Crippen LogP) is 0.104. The highest BCUT2D eigenvalue weighted by molar-refractivity contribution is 5.98. The summed E-state index contributed by atoms with van der Waals surface area (Å²) in [7, 11) is 1.16. The number of hydrogen-bond acceptors (Lipinski definition) is 5. The van der Waals surface area contributed by atoms with Crippen molar-refractivity contribution in [1.29, 1.82) is 0 Å². The summed E-state index contributed by atoms with van der Waals surface area (Å²) in [4.78, 5) is 26.7. The molecule has 0 aliphatic heterocycles. The van der Waals surface area contributed by atoms with Crippen molar-refractivity contribution in [3.63, 3.8) is 0 Å². The molecule has 0 amide bonds. The van der Waals surface area contributed by atoms with E-state index in [-0.39, 0.29) is 6.42 Å². The predicted molar refractivity (Wildman–Crippen MR) is 57.2 cm³/mol. The first-order valence-electron chi connectivity index (χ1n) is 5.14. The normalized spacial score (nSPS) is 14.1. The molecule has 1 aromatic heterocycles. The van der Waals surface area contributed by atoms with E-state index in [1.165, 1.54) is 13.3 Å². The van der Waals surface area contributed by atoms with E-state index in [4.69, 9.17) is 5.11 Å². The van der Waals surface area contributed by atoms with Crippen LogP contribution in [0.2, 0.25) is 0 Å². The topological polar surface area (TPSA) is 94.3 Å². The highest BCUT2D eigenvalue weighted by atomic mass is 16.5. The van der Waals surface area contributed by atoms with Crippen molar-refractivity contribution in [3.05, 3.63) is 12.2 Å². The second-order valence-corrected chi connectivity index (χ2v) is 3.80. The average Bonchev–Trinajstić information content (AvgIpc) is 2.74. The van der Waals surface area contributed by atoms with Gasteiger partial charge < -0.3 is 9.84 Å². The zero-order valence-electron chi connectivity index (χ0n) is 10.0. The van der Waals surface area contributed by atoms with Crippen molar-refractivity contribution in [3.8, 4) is 0 Å². The lowest BCUT2D eigenvalue weighted by Crippen LogP contribution is -2.40. The van der Waals surface area contributed by atoms with Gasteiger partial charge in [0.15, 0.2) is 5.41 Å². The van der Waals surface area contributed by atoms with Crippen LogP contribution in [0, 0.1) is 5.41 Å². The zero-order chi connectivity index (χ0) is 13.1. The van der Waals surface area contributed by atoms with Gasteiger partial charge in [-0.05, 0) is 13.8 Å². The molecule has 0 aliphatic carbocycles. The maximum absolute atomic E-state index is 11.5. The van der Waals surface area contributed by atoms with Crippen molar-refractivity contribution in [1.82, 2.24) is 14.8 Å². The standard InChI is InChI=1S/C10H15N3O4/c1-4-13-7(11-6-12-13)5-10(2,8(14)15)9(16)17-3/h6H,4-5H2,1-3H3,(H,14,15). The first-order valence-corrected chi connectivity index (χ1v) is 5.14. The van der Waals surface area contributed by atoms with Crippen LogP contribution in [-0.4, -0.2) is 38.9 Å². The number of aryl methyl sites for hydroxylation is 1. The summed E-state index contributed by atoms with van der Waals surface area (Å²) >= 11 is 0. The maximum Gasteiger partial charge on any atom is 0.323 e. The van der Waals surface area contributed by atoms with E-state index in [0.29, 0.717) is 12.4 Å². The zero-order valence-corrected chi connectivity index (χ0v) is 10.0. The Morgan fingerprint density at radius 3 is 2.71 bits per heavy atom.